The SMILES string of the molecule is NN/C(C(=O)O)=C(\N)COc1ccc(Cl)c(Cl)c1. The number of aliphatic carboxylic acids is 1. The van der Waals surface area contributed by atoms with E-state index in [0.717, 1.165) is 0 Å². The van der Waals surface area contributed by atoms with Gasteiger partial charge in [-0.3, -0.25) is 5.84 Å². The topological polar surface area (TPSA) is 111 Å². The molecule has 0 fully saturated rings. The third-order valence-electron chi connectivity index (χ3n) is 1.96. The number of nitrogens with two attached hydrogens (primary N) is 2. The summed E-state index contributed by atoms with van der Waals surface area (Å²) in [5.41, 5.74) is 7.13. The van der Waals surface area contributed by atoms with Crippen molar-refractivity contribution in [2.75, 3.05) is 6.61 Å². The number of halogens is 2. The molecular formula is C10H11Cl2N3O3. The molecule has 1 rings (SSSR count). The van der Waals surface area contributed by atoms with E-state index in [0.29, 0.717) is 15.8 Å². The molecule has 0 heterocycles. The zero-order valence-electron chi connectivity index (χ0n) is 9.11. The lowest BCUT2D eigenvalue weighted by Gasteiger charge is -2.10. The van der Waals surface area contributed by atoms with Gasteiger partial charge in [-0.2, -0.15) is 0 Å². The second-order valence-electron chi connectivity index (χ2n) is 3.21. The summed E-state index contributed by atoms with van der Waals surface area (Å²) in [6, 6.07) is 4.63. The Bertz CT molecular complexity index is 491. The van der Waals surface area contributed by atoms with E-state index in [1.807, 2.05) is 5.43 Å². The summed E-state index contributed by atoms with van der Waals surface area (Å²) in [5, 5.41) is 9.46. The van der Waals surface area contributed by atoms with Gasteiger partial charge in [-0.25, -0.2) is 4.79 Å². The monoisotopic (exact) mass is 291 g/mol. The van der Waals surface area contributed by atoms with Crippen molar-refractivity contribution in [1.82, 2.24) is 5.43 Å². The number of rotatable bonds is 5. The van der Waals surface area contributed by atoms with Crippen LogP contribution in [0.3, 0.4) is 0 Å². The van der Waals surface area contributed by atoms with E-state index in [1.54, 1.807) is 12.1 Å². The number of hydrogen-bond donors (Lipinski definition) is 4. The second-order valence-corrected chi connectivity index (χ2v) is 4.03. The molecule has 6 nitrogen and oxygen atoms in total. The summed E-state index contributed by atoms with van der Waals surface area (Å²) in [7, 11) is 0. The maximum atomic E-state index is 10.7. The van der Waals surface area contributed by atoms with Crippen LogP contribution in [0.15, 0.2) is 29.6 Å². The lowest BCUT2D eigenvalue weighted by atomic mass is 10.3. The van der Waals surface area contributed by atoms with Crippen molar-refractivity contribution in [2.45, 2.75) is 0 Å². The molecule has 18 heavy (non-hydrogen) atoms. The van der Waals surface area contributed by atoms with E-state index >= 15 is 0 Å². The number of carboxylic acids is 1. The molecule has 0 saturated heterocycles. The smallest absolute Gasteiger partial charge is 0.355 e. The van der Waals surface area contributed by atoms with Gasteiger partial charge in [0.2, 0.25) is 0 Å². The summed E-state index contributed by atoms with van der Waals surface area (Å²) < 4.78 is 5.25. The number of ether oxygens (including phenoxy) is 1. The Kier molecular flexibility index (Phi) is 5.08. The van der Waals surface area contributed by atoms with Crippen LogP contribution in [0, 0.1) is 0 Å². The quantitative estimate of drug-likeness (QED) is 0.367. The van der Waals surface area contributed by atoms with Gasteiger partial charge in [-0.05, 0) is 12.1 Å². The first-order valence-corrected chi connectivity index (χ1v) is 5.47. The highest BCUT2D eigenvalue weighted by Crippen LogP contribution is 2.26. The van der Waals surface area contributed by atoms with Gasteiger partial charge in [0.1, 0.15) is 12.4 Å². The van der Waals surface area contributed by atoms with Gasteiger partial charge in [0.25, 0.3) is 0 Å². The average Bonchev–Trinajstić information content (AvgIpc) is 2.31. The molecule has 0 aromatic heterocycles. The second kappa shape index (κ2) is 6.34. The first-order valence-electron chi connectivity index (χ1n) is 4.72. The summed E-state index contributed by atoms with van der Waals surface area (Å²) in [5.74, 6) is 4.17. The Balaban J connectivity index is 2.75. The Morgan fingerprint density at radius 2 is 2.06 bits per heavy atom. The number of benzene rings is 1. The molecule has 0 aliphatic carbocycles. The van der Waals surface area contributed by atoms with Gasteiger partial charge in [0.15, 0.2) is 5.70 Å². The van der Waals surface area contributed by atoms with Crippen molar-refractivity contribution >= 4 is 29.2 Å². The average molecular weight is 292 g/mol. The predicted molar refractivity (Wildman–Crippen MR) is 68.1 cm³/mol. The Labute approximate surface area is 113 Å². The minimum Gasteiger partial charge on any atom is -0.487 e. The minimum absolute atomic E-state index is 0.0453. The maximum absolute atomic E-state index is 10.7. The molecule has 0 bridgehead atoms. The fraction of sp³-hybridized carbons (Fsp3) is 0.100. The van der Waals surface area contributed by atoms with E-state index < -0.39 is 5.97 Å². The van der Waals surface area contributed by atoms with Crippen LogP contribution in [0.25, 0.3) is 0 Å². The van der Waals surface area contributed by atoms with Crippen LogP contribution in [0.2, 0.25) is 10.0 Å². The molecule has 6 N–H and O–H groups in total. The molecule has 0 radical (unpaired) electrons. The minimum atomic E-state index is -1.27. The van der Waals surface area contributed by atoms with Crippen molar-refractivity contribution in [1.29, 1.82) is 0 Å². The van der Waals surface area contributed by atoms with Gasteiger partial charge in [-0.15, -0.1) is 0 Å². The molecule has 0 saturated carbocycles. The fourth-order valence-electron chi connectivity index (χ4n) is 1.09. The van der Waals surface area contributed by atoms with Gasteiger partial charge in [0.05, 0.1) is 15.7 Å². The van der Waals surface area contributed by atoms with Crippen LogP contribution >= 0.6 is 23.2 Å². The molecule has 0 spiro atoms. The van der Waals surface area contributed by atoms with Gasteiger partial charge in [0, 0.05) is 6.07 Å². The van der Waals surface area contributed by atoms with Crippen molar-refractivity contribution in [3.05, 3.63) is 39.6 Å². The standard InChI is InChI=1S/C10H11Cl2N3O3/c11-6-2-1-5(3-7(6)12)18-4-8(13)9(15-14)10(16)17/h1-3,15H,4,13-14H2,(H,16,17)/b9-8-. The maximum Gasteiger partial charge on any atom is 0.355 e. The van der Waals surface area contributed by atoms with E-state index in [1.165, 1.54) is 6.07 Å². The van der Waals surface area contributed by atoms with Crippen molar-refractivity contribution in [3.8, 4) is 5.75 Å². The third kappa shape index (κ3) is 3.69. The van der Waals surface area contributed by atoms with E-state index in [4.69, 9.17) is 44.6 Å². The molecule has 98 valence electrons. The molecule has 0 amide bonds. The Morgan fingerprint density at radius 3 is 2.56 bits per heavy atom. The van der Waals surface area contributed by atoms with Crippen molar-refractivity contribution < 1.29 is 14.6 Å². The summed E-state index contributed by atoms with van der Waals surface area (Å²) in [6.45, 7) is -0.149. The predicted octanol–water partition coefficient (Wildman–Crippen LogP) is 1.09. The van der Waals surface area contributed by atoms with Crippen molar-refractivity contribution in [3.63, 3.8) is 0 Å². The molecule has 1 aromatic rings. The highest BCUT2D eigenvalue weighted by Gasteiger charge is 2.11. The normalized spacial score (nSPS) is 11.7. The molecule has 1 aromatic carbocycles. The molecule has 0 atom stereocenters. The van der Waals surface area contributed by atoms with E-state index in [9.17, 15) is 4.79 Å². The molecule has 0 aliphatic rings. The third-order valence-corrected chi connectivity index (χ3v) is 2.70. The van der Waals surface area contributed by atoms with Crippen LogP contribution in [-0.4, -0.2) is 17.7 Å². The van der Waals surface area contributed by atoms with Gasteiger partial charge in [-0.1, -0.05) is 23.2 Å². The first kappa shape index (κ1) is 14.4. The van der Waals surface area contributed by atoms with Crippen molar-refractivity contribution in [2.24, 2.45) is 11.6 Å². The van der Waals surface area contributed by atoms with E-state index in [2.05, 4.69) is 0 Å². The fourth-order valence-corrected chi connectivity index (χ4v) is 1.38. The highest BCUT2D eigenvalue weighted by atomic mass is 35.5. The van der Waals surface area contributed by atoms with Crippen LogP contribution in [-0.2, 0) is 4.79 Å². The van der Waals surface area contributed by atoms with Gasteiger partial charge >= 0.3 is 5.97 Å². The number of hydrogen-bond acceptors (Lipinski definition) is 5. The largest absolute Gasteiger partial charge is 0.487 e. The van der Waals surface area contributed by atoms with Crippen LogP contribution in [0.5, 0.6) is 5.75 Å². The lowest BCUT2D eigenvalue weighted by molar-refractivity contribution is -0.133. The van der Waals surface area contributed by atoms with Crippen LogP contribution < -0.4 is 21.7 Å². The van der Waals surface area contributed by atoms with Crippen LogP contribution in [0.4, 0.5) is 0 Å². The highest BCUT2D eigenvalue weighted by molar-refractivity contribution is 6.42. The number of carboxylic acid groups (broad SMARTS) is 1. The Morgan fingerprint density at radius 1 is 1.39 bits per heavy atom. The molecular weight excluding hydrogens is 281 g/mol. The zero-order valence-corrected chi connectivity index (χ0v) is 10.6. The summed E-state index contributed by atoms with van der Waals surface area (Å²) in [6.07, 6.45) is 0. The van der Waals surface area contributed by atoms with Crippen LogP contribution in [0.1, 0.15) is 0 Å². The molecule has 0 unspecified atom stereocenters. The number of nitrogens with one attached hydrogen (secondary N) is 1. The Hall–Kier alpha value is -1.63. The number of carbonyl (C=O) groups is 1. The number of hydrazine groups is 1. The molecule has 8 heteroatoms. The summed E-state index contributed by atoms with van der Waals surface area (Å²) in [4.78, 5) is 10.7. The lowest BCUT2D eigenvalue weighted by Crippen LogP contribution is -2.31. The summed E-state index contributed by atoms with van der Waals surface area (Å²) >= 11 is 11.5. The zero-order chi connectivity index (χ0) is 13.7. The van der Waals surface area contributed by atoms with Gasteiger partial charge < -0.3 is 21.0 Å². The molecule has 0 aliphatic heterocycles. The van der Waals surface area contributed by atoms with E-state index in [-0.39, 0.29) is 18.0 Å². The first-order chi connectivity index (χ1) is 8.45.